The van der Waals surface area contributed by atoms with Crippen LogP contribution in [0.25, 0.3) is 0 Å². The third-order valence-electron chi connectivity index (χ3n) is 2.02. The van der Waals surface area contributed by atoms with E-state index in [2.05, 4.69) is 5.32 Å². The third-order valence-corrected chi connectivity index (χ3v) is 2.02. The van der Waals surface area contributed by atoms with E-state index in [0.717, 1.165) is 5.56 Å². The lowest BCUT2D eigenvalue weighted by atomic mass is 10.0. The molecule has 4 nitrogen and oxygen atoms in total. The van der Waals surface area contributed by atoms with Crippen LogP contribution in [-0.4, -0.2) is 23.2 Å². The van der Waals surface area contributed by atoms with Crippen LogP contribution in [0.5, 0.6) is 5.75 Å². The van der Waals surface area contributed by atoms with Crippen LogP contribution in [0.1, 0.15) is 18.0 Å². The van der Waals surface area contributed by atoms with Crippen molar-refractivity contribution in [2.75, 3.05) is 7.05 Å². The maximum absolute atomic E-state index is 10.5. The van der Waals surface area contributed by atoms with Crippen LogP contribution in [0.4, 0.5) is 0 Å². The molecule has 0 amide bonds. The number of hydrogen-bond donors (Lipinski definition) is 3. The van der Waals surface area contributed by atoms with Gasteiger partial charge in [-0.25, -0.2) is 0 Å². The molecule has 1 aromatic carbocycles. The molecule has 0 saturated heterocycles. The van der Waals surface area contributed by atoms with Crippen molar-refractivity contribution in [3.8, 4) is 5.75 Å². The molecule has 0 aromatic heterocycles. The highest BCUT2D eigenvalue weighted by molar-refractivity contribution is 5.67. The van der Waals surface area contributed by atoms with E-state index in [0.29, 0.717) is 0 Å². The number of nitrogens with one attached hydrogen (secondary N) is 1. The van der Waals surface area contributed by atoms with E-state index in [9.17, 15) is 4.79 Å². The van der Waals surface area contributed by atoms with Crippen LogP contribution < -0.4 is 5.32 Å². The van der Waals surface area contributed by atoms with Gasteiger partial charge >= 0.3 is 5.97 Å². The topological polar surface area (TPSA) is 69.6 Å². The van der Waals surface area contributed by atoms with Gasteiger partial charge in [-0.1, -0.05) is 12.1 Å². The Kier molecular flexibility index (Phi) is 3.48. The summed E-state index contributed by atoms with van der Waals surface area (Å²) >= 11 is 0. The lowest BCUT2D eigenvalue weighted by molar-refractivity contribution is -0.137. The third kappa shape index (κ3) is 2.74. The van der Waals surface area contributed by atoms with Gasteiger partial charge in [-0.05, 0) is 24.7 Å². The van der Waals surface area contributed by atoms with Gasteiger partial charge in [0.05, 0.1) is 6.42 Å². The predicted octanol–water partition coefficient (Wildman–Crippen LogP) is 1.13. The van der Waals surface area contributed by atoms with Crippen LogP contribution in [0.2, 0.25) is 0 Å². The molecule has 0 heterocycles. The molecule has 0 bridgehead atoms. The van der Waals surface area contributed by atoms with E-state index in [1.807, 2.05) is 0 Å². The van der Waals surface area contributed by atoms with E-state index in [-0.39, 0.29) is 18.2 Å². The fourth-order valence-corrected chi connectivity index (χ4v) is 1.27. The highest BCUT2D eigenvalue weighted by Gasteiger charge is 2.12. The minimum absolute atomic E-state index is 0.0290. The van der Waals surface area contributed by atoms with Crippen molar-refractivity contribution < 1.29 is 15.0 Å². The lowest BCUT2D eigenvalue weighted by Crippen LogP contribution is -2.19. The molecule has 1 rings (SSSR count). The van der Waals surface area contributed by atoms with Gasteiger partial charge in [-0.15, -0.1) is 0 Å². The van der Waals surface area contributed by atoms with Gasteiger partial charge in [-0.3, -0.25) is 4.79 Å². The Morgan fingerprint density at radius 1 is 1.43 bits per heavy atom. The summed E-state index contributed by atoms with van der Waals surface area (Å²) in [6, 6.07) is 6.29. The van der Waals surface area contributed by atoms with Gasteiger partial charge in [0.1, 0.15) is 5.75 Å². The van der Waals surface area contributed by atoms with Crippen molar-refractivity contribution in [2.45, 2.75) is 12.5 Å². The molecule has 3 N–H and O–H groups in total. The van der Waals surface area contributed by atoms with Gasteiger partial charge in [0, 0.05) is 6.04 Å². The molecule has 0 aliphatic heterocycles. The van der Waals surface area contributed by atoms with Crippen molar-refractivity contribution >= 4 is 5.97 Å². The van der Waals surface area contributed by atoms with Crippen LogP contribution in [-0.2, 0) is 4.79 Å². The Morgan fingerprint density at radius 3 is 2.43 bits per heavy atom. The van der Waals surface area contributed by atoms with Crippen LogP contribution in [0.3, 0.4) is 0 Å². The van der Waals surface area contributed by atoms with Gasteiger partial charge in [0.15, 0.2) is 0 Å². The SMILES string of the molecule is CN[C@@H](CC(=O)O)c1ccc(O)cc1. The summed E-state index contributed by atoms with van der Waals surface area (Å²) in [6.45, 7) is 0. The Labute approximate surface area is 82.2 Å². The molecule has 0 fully saturated rings. The number of benzene rings is 1. The van der Waals surface area contributed by atoms with E-state index in [4.69, 9.17) is 10.2 Å². The normalized spacial score (nSPS) is 12.4. The van der Waals surface area contributed by atoms with E-state index in [1.54, 1.807) is 31.3 Å². The van der Waals surface area contributed by atoms with Crippen LogP contribution >= 0.6 is 0 Å². The second kappa shape index (κ2) is 4.62. The van der Waals surface area contributed by atoms with Gasteiger partial charge in [-0.2, -0.15) is 0 Å². The summed E-state index contributed by atoms with van der Waals surface area (Å²) < 4.78 is 0. The molecule has 4 heteroatoms. The minimum Gasteiger partial charge on any atom is -0.508 e. The molecule has 14 heavy (non-hydrogen) atoms. The molecule has 0 radical (unpaired) electrons. The zero-order chi connectivity index (χ0) is 10.6. The van der Waals surface area contributed by atoms with Crippen molar-refractivity contribution in [1.82, 2.24) is 5.32 Å². The van der Waals surface area contributed by atoms with Crippen LogP contribution in [0.15, 0.2) is 24.3 Å². The summed E-state index contributed by atoms with van der Waals surface area (Å²) in [6.07, 6.45) is 0.0290. The summed E-state index contributed by atoms with van der Waals surface area (Å²) in [5.74, 6) is -0.670. The molecular formula is C10H13NO3. The quantitative estimate of drug-likeness (QED) is 0.673. The fourth-order valence-electron chi connectivity index (χ4n) is 1.27. The van der Waals surface area contributed by atoms with Crippen molar-refractivity contribution in [2.24, 2.45) is 0 Å². The Morgan fingerprint density at radius 2 is 2.00 bits per heavy atom. The molecule has 0 unspecified atom stereocenters. The molecule has 76 valence electrons. The highest BCUT2D eigenvalue weighted by Crippen LogP contribution is 2.18. The van der Waals surface area contributed by atoms with Gasteiger partial charge in [0.25, 0.3) is 0 Å². The zero-order valence-corrected chi connectivity index (χ0v) is 7.90. The largest absolute Gasteiger partial charge is 0.508 e. The van der Waals surface area contributed by atoms with Crippen LogP contribution in [0, 0.1) is 0 Å². The second-order valence-electron chi connectivity index (χ2n) is 3.03. The zero-order valence-electron chi connectivity index (χ0n) is 7.90. The number of phenolic OH excluding ortho intramolecular Hbond substituents is 1. The van der Waals surface area contributed by atoms with Gasteiger partial charge < -0.3 is 15.5 Å². The van der Waals surface area contributed by atoms with E-state index in [1.165, 1.54) is 0 Å². The molecule has 1 aromatic rings. The number of aromatic hydroxyl groups is 1. The van der Waals surface area contributed by atoms with Crippen molar-refractivity contribution in [3.63, 3.8) is 0 Å². The Bertz CT molecular complexity index is 308. The summed E-state index contributed by atoms with van der Waals surface area (Å²) in [4.78, 5) is 10.5. The molecule has 0 spiro atoms. The smallest absolute Gasteiger partial charge is 0.305 e. The summed E-state index contributed by atoms with van der Waals surface area (Å²) in [7, 11) is 1.71. The first-order valence-electron chi connectivity index (χ1n) is 4.31. The molecular weight excluding hydrogens is 182 g/mol. The lowest BCUT2D eigenvalue weighted by Gasteiger charge is -2.13. The maximum Gasteiger partial charge on any atom is 0.305 e. The average Bonchev–Trinajstić information content (AvgIpc) is 2.15. The molecule has 1 atom stereocenters. The van der Waals surface area contributed by atoms with E-state index < -0.39 is 5.97 Å². The number of carbonyl (C=O) groups is 1. The predicted molar refractivity (Wildman–Crippen MR) is 52.2 cm³/mol. The minimum atomic E-state index is -0.850. The Hall–Kier alpha value is -1.55. The number of carboxylic acid groups (broad SMARTS) is 1. The Balaban J connectivity index is 2.78. The standard InChI is InChI=1S/C10H13NO3/c1-11-9(6-10(13)14)7-2-4-8(12)5-3-7/h2-5,9,11-12H,6H2,1H3,(H,13,14)/t9-/m0/s1. The number of aliphatic carboxylic acids is 1. The molecule has 0 aliphatic rings. The summed E-state index contributed by atoms with van der Waals surface area (Å²) in [5, 5.41) is 20.6. The second-order valence-corrected chi connectivity index (χ2v) is 3.03. The monoisotopic (exact) mass is 195 g/mol. The highest BCUT2D eigenvalue weighted by atomic mass is 16.4. The first kappa shape index (κ1) is 10.5. The number of rotatable bonds is 4. The van der Waals surface area contributed by atoms with Crippen molar-refractivity contribution in [3.05, 3.63) is 29.8 Å². The number of phenols is 1. The fraction of sp³-hybridized carbons (Fsp3) is 0.300. The first-order chi connectivity index (χ1) is 6.63. The first-order valence-corrected chi connectivity index (χ1v) is 4.31. The average molecular weight is 195 g/mol. The van der Waals surface area contributed by atoms with E-state index >= 15 is 0 Å². The molecule has 0 saturated carbocycles. The summed E-state index contributed by atoms with van der Waals surface area (Å²) in [5.41, 5.74) is 0.854. The van der Waals surface area contributed by atoms with Crippen molar-refractivity contribution in [1.29, 1.82) is 0 Å². The number of carboxylic acids is 1. The maximum atomic E-state index is 10.5. The number of hydrogen-bond acceptors (Lipinski definition) is 3. The van der Waals surface area contributed by atoms with Gasteiger partial charge in [0.2, 0.25) is 0 Å². The molecule has 0 aliphatic carbocycles.